The highest BCUT2D eigenvalue weighted by atomic mass is 32.2. The van der Waals surface area contributed by atoms with Gasteiger partial charge in [0.05, 0.1) is 11.5 Å². The molecular weight excluding hydrogens is 300 g/mol. The summed E-state index contributed by atoms with van der Waals surface area (Å²) in [5.74, 6) is 1.55. The minimum Gasteiger partial charge on any atom is -0.366 e. The van der Waals surface area contributed by atoms with Crippen molar-refractivity contribution in [3.63, 3.8) is 0 Å². The van der Waals surface area contributed by atoms with E-state index < -0.39 is 9.84 Å². The highest BCUT2D eigenvalue weighted by molar-refractivity contribution is 7.91. The number of nitrogens with one attached hydrogen (secondary N) is 2. The third-order valence-corrected chi connectivity index (χ3v) is 5.31. The molecule has 1 aromatic carbocycles. The maximum absolute atomic E-state index is 11.5. The van der Waals surface area contributed by atoms with Gasteiger partial charge in [-0.1, -0.05) is 30.3 Å². The highest BCUT2D eigenvalue weighted by Gasteiger charge is 2.28. The lowest BCUT2D eigenvalue weighted by Crippen LogP contribution is -2.22. The average molecular weight is 318 g/mol. The molecule has 2 N–H and O–H groups in total. The molecule has 1 fully saturated rings. The number of rotatable bonds is 5. The highest BCUT2D eigenvalue weighted by Crippen LogP contribution is 2.16. The third kappa shape index (κ3) is 3.94. The lowest BCUT2D eigenvalue weighted by molar-refractivity contribution is 0.602. The third-order valence-electron chi connectivity index (χ3n) is 3.54. The monoisotopic (exact) mass is 318 g/mol. The van der Waals surface area contributed by atoms with Crippen LogP contribution < -0.4 is 10.6 Å². The zero-order valence-electron chi connectivity index (χ0n) is 12.1. The van der Waals surface area contributed by atoms with E-state index in [1.165, 1.54) is 0 Å². The zero-order chi connectivity index (χ0) is 15.4. The van der Waals surface area contributed by atoms with Gasteiger partial charge in [0.25, 0.3) is 0 Å². The van der Waals surface area contributed by atoms with Crippen LogP contribution >= 0.6 is 0 Å². The summed E-state index contributed by atoms with van der Waals surface area (Å²) in [7, 11) is -2.91. The van der Waals surface area contributed by atoms with Crippen LogP contribution in [0, 0.1) is 0 Å². The summed E-state index contributed by atoms with van der Waals surface area (Å²) in [5.41, 5.74) is 1.16. The van der Waals surface area contributed by atoms with Crippen molar-refractivity contribution >= 4 is 21.6 Å². The summed E-state index contributed by atoms with van der Waals surface area (Å²) in [6.45, 7) is 0.676. The fraction of sp³-hybridized carbons (Fsp3) is 0.333. The summed E-state index contributed by atoms with van der Waals surface area (Å²) in [4.78, 5) is 8.52. The van der Waals surface area contributed by atoms with E-state index in [1.54, 1.807) is 12.3 Å². The van der Waals surface area contributed by atoms with Crippen LogP contribution in [0.3, 0.4) is 0 Å². The standard InChI is InChI=1S/C15H18N4O2S/c20-22(21)9-7-13(11-22)18-15-16-8-6-14(19-15)17-10-12-4-2-1-3-5-12/h1-6,8,13H,7,9-11H2,(H2,16,17,18,19). The van der Waals surface area contributed by atoms with Crippen LogP contribution in [0.15, 0.2) is 42.6 Å². The Labute approximate surface area is 129 Å². The van der Waals surface area contributed by atoms with Crippen molar-refractivity contribution in [2.75, 3.05) is 22.1 Å². The molecule has 1 unspecified atom stereocenters. The van der Waals surface area contributed by atoms with E-state index in [-0.39, 0.29) is 17.5 Å². The second kappa shape index (κ2) is 6.31. The molecule has 0 radical (unpaired) electrons. The van der Waals surface area contributed by atoms with Crippen LogP contribution in [-0.4, -0.2) is 35.9 Å². The fourth-order valence-corrected chi connectivity index (χ4v) is 4.08. The molecular formula is C15H18N4O2S. The molecule has 7 heteroatoms. The quantitative estimate of drug-likeness (QED) is 0.873. The lowest BCUT2D eigenvalue weighted by Gasteiger charge is -2.12. The van der Waals surface area contributed by atoms with Crippen LogP contribution in [-0.2, 0) is 16.4 Å². The number of aromatic nitrogens is 2. The predicted octanol–water partition coefficient (Wildman–Crippen LogP) is 1.69. The van der Waals surface area contributed by atoms with Crippen molar-refractivity contribution in [1.82, 2.24) is 9.97 Å². The van der Waals surface area contributed by atoms with Gasteiger partial charge in [-0.05, 0) is 18.1 Å². The largest absolute Gasteiger partial charge is 0.366 e. The number of hydrogen-bond donors (Lipinski definition) is 2. The SMILES string of the molecule is O=S1(=O)CCC(Nc2nccc(NCc3ccccc3)n2)C1. The molecule has 3 rings (SSSR count). The minimum absolute atomic E-state index is 0.102. The van der Waals surface area contributed by atoms with E-state index in [1.807, 2.05) is 30.3 Å². The number of sulfone groups is 1. The smallest absolute Gasteiger partial charge is 0.224 e. The molecule has 1 aliphatic heterocycles. The van der Waals surface area contributed by atoms with Gasteiger partial charge in [-0.15, -0.1) is 0 Å². The van der Waals surface area contributed by atoms with E-state index in [0.717, 1.165) is 5.56 Å². The number of hydrogen-bond acceptors (Lipinski definition) is 6. The first-order chi connectivity index (χ1) is 10.6. The van der Waals surface area contributed by atoms with E-state index in [4.69, 9.17) is 0 Å². The summed E-state index contributed by atoms with van der Waals surface area (Å²) < 4.78 is 22.9. The van der Waals surface area contributed by atoms with Crippen molar-refractivity contribution in [2.24, 2.45) is 0 Å². The second-order valence-corrected chi connectivity index (χ2v) is 7.58. The zero-order valence-corrected chi connectivity index (χ0v) is 12.9. The summed E-state index contributed by atoms with van der Waals surface area (Å²) in [6, 6.07) is 11.7. The maximum atomic E-state index is 11.5. The lowest BCUT2D eigenvalue weighted by atomic mass is 10.2. The summed E-state index contributed by atoms with van der Waals surface area (Å²) in [6.07, 6.45) is 2.26. The Morgan fingerprint density at radius 3 is 2.73 bits per heavy atom. The van der Waals surface area contributed by atoms with Crippen molar-refractivity contribution in [3.8, 4) is 0 Å². The van der Waals surface area contributed by atoms with Gasteiger partial charge in [0.2, 0.25) is 5.95 Å². The second-order valence-electron chi connectivity index (χ2n) is 5.35. The van der Waals surface area contributed by atoms with Crippen LogP contribution in [0.2, 0.25) is 0 Å². The Hall–Kier alpha value is -2.15. The number of anilines is 2. The van der Waals surface area contributed by atoms with Gasteiger partial charge in [0.15, 0.2) is 9.84 Å². The molecule has 1 aliphatic rings. The molecule has 0 saturated carbocycles. The first-order valence-electron chi connectivity index (χ1n) is 7.18. The van der Waals surface area contributed by atoms with Crippen LogP contribution in [0.1, 0.15) is 12.0 Å². The Bertz CT molecular complexity index is 734. The molecule has 6 nitrogen and oxygen atoms in total. The molecule has 2 aromatic rings. The molecule has 1 atom stereocenters. The van der Waals surface area contributed by atoms with Gasteiger partial charge in [-0.3, -0.25) is 0 Å². The van der Waals surface area contributed by atoms with Crippen LogP contribution in [0.25, 0.3) is 0 Å². The minimum atomic E-state index is -2.91. The van der Waals surface area contributed by atoms with Crippen LogP contribution in [0.5, 0.6) is 0 Å². The normalized spacial score (nSPS) is 19.7. The van der Waals surface area contributed by atoms with E-state index in [9.17, 15) is 8.42 Å². The number of nitrogens with zero attached hydrogens (tertiary/aromatic N) is 2. The Morgan fingerprint density at radius 2 is 2.00 bits per heavy atom. The fourth-order valence-electron chi connectivity index (χ4n) is 2.41. The van der Waals surface area contributed by atoms with Crippen molar-refractivity contribution in [2.45, 2.75) is 19.0 Å². The number of benzene rings is 1. The van der Waals surface area contributed by atoms with Crippen molar-refractivity contribution in [1.29, 1.82) is 0 Å². The molecule has 1 saturated heterocycles. The molecule has 0 aliphatic carbocycles. The van der Waals surface area contributed by atoms with Gasteiger partial charge in [0, 0.05) is 18.8 Å². The summed E-state index contributed by atoms with van der Waals surface area (Å²) in [5, 5.41) is 6.33. The van der Waals surface area contributed by atoms with E-state index in [2.05, 4.69) is 20.6 Å². The first kappa shape index (κ1) is 14.8. The van der Waals surface area contributed by atoms with Gasteiger partial charge in [-0.25, -0.2) is 13.4 Å². The topological polar surface area (TPSA) is 84.0 Å². The van der Waals surface area contributed by atoms with Gasteiger partial charge < -0.3 is 10.6 Å². The Morgan fingerprint density at radius 1 is 1.18 bits per heavy atom. The molecule has 0 spiro atoms. The first-order valence-corrected chi connectivity index (χ1v) is 9.01. The Balaban J connectivity index is 1.60. The molecule has 0 bridgehead atoms. The maximum Gasteiger partial charge on any atom is 0.224 e. The van der Waals surface area contributed by atoms with Gasteiger partial charge >= 0.3 is 0 Å². The molecule has 116 valence electrons. The Kier molecular flexibility index (Phi) is 4.24. The van der Waals surface area contributed by atoms with E-state index >= 15 is 0 Å². The molecule has 22 heavy (non-hydrogen) atoms. The van der Waals surface area contributed by atoms with Crippen molar-refractivity contribution < 1.29 is 8.42 Å². The van der Waals surface area contributed by atoms with Crippen LogP contribution in [0.4, 0.5) is 11.8 Å². The summed E-state index contributed by atoms with van der Waals surface area (Å²) >= 11 is 0. The predicted molar refractivity (Wildman–Crippen MR) is 86.5 cm³/mol. The average Bonchev–Trinajstić information content (AvgIpc) is 2.85. The van der Waals surface area contributed by atoms with E-state index in [0.29, 0.717) is 24.7 Å². The van der Waals surface area contributed by atoms with Gasteiger partial charge in [-0.2, -0.15) is 4.98 Å². The molecule has 0 amide bonds. The molecule has 2 heterocycles. The molecule has 1 aromatic heterocycles. The van der Waals surface area contributed by atoms with Crippen molar-refractivity contribution in [3.05, 3.63) is 48.2 Å². The van der Waals surface area contributed by atoms with Gasteiger partial charge in [0.1, 0.15) is 5.82 Å².